The molecule has 1 aliphatic carbocycles. The Labute approximate surface area is 234 Å². The van der Waals surface area contributed by atoms with Gasteiger partial charge < -0.3 is 9.47 Å². The van der Waals surface area contributed by atoms with E-state index in [1.54, 1.807) is 0 Å². The highest BCUT2D eigenvalue weighted by atomic mass is 16.5. The Morgan fingerprint density at radius 3 is 1.18 bits per heavy atom. The van der Waals surface area contributed by atoms with E-state index in [1.165, 1.54) is 127 Å². The maximum atomic E-state index is 6.17. The molecule has 0 atom stereocenters. The highest BCUT2D eigenvalue weighted by molar-refractivity contribution is 5.28. The zero-order valence-corrected chi connectivity index (χ0v) is 24.7. The molecular formula is C36H56O2. The number of unbranched alkanes of at least 4 members (excludes halogenated alkanes) is 10. The molecule has 2 nitrogen and oxygen atoms in total. The van der Waals surface area contributed by atoms with Crippen molar-refractivity contribution in [3.05, 3.63) is 59.7 Å². The van der Waals surface area contributed by atoms with Crippen LogP contribution >= 0.6 is 0 Å². The van der Waals surface area contributed by atoms with E-state index in [0.717, 1.165) is 24.7 Å². The van der Waals surface area contributed by atoms with E-state index in [0.29, 0.717) is 11.8 Å². The standard InChI is InChI=1S/C36H56O2/c1-3-5-7-9-11-13-15-31-21-25-35(26-22-31)37-29-33-17-19-34(20-18-33)30-38-36-27-23-32(24-28-36)16-14-12-10-8-6-4-2/h21-28,33-34H,3-20,29-30H2,1-2H3. The van der Waals surface area contributed by atoms with Crippen LogP contribution in [0.25, 0.3) is 0 Å². The molecule has 0 saturated heterocycles. The van der Waals surface area contributed by atoms with Gasteiger partial charge in [-0.15, -0.1) is 0 Å². The maximum absolute atomic E-state index is 6.17. The summed E-state index contributed by atoms with van der Waals surface area (Å²) in [6.45, 7) is 6.26. The van der Waals surface area contributed by atoms with Crippen LogP contribution in [0.4, 0.5) is 0 Å². The van der Waals surface area contributed by atoms with E-state index in [4.69, 9.17) is 9.47 Å². The molecule has 0 unspecified atom stereocenters. The van der Waals surface area contributed by atoms with Gasteiger partial charge in [0.15, 0.2) is 0 Å². The maximum Gasteiger partial charge on any atom is 0.119 e. The Kier molecular flexibility index (Phi) is 15.4. The van der Waals surface area contributed by atoms with E-state index >= 15 is 0 Å². The van der Waals surface area contributed by atoms with Crippen LogP contribution in [0.2, 0.25) is 0 Å². The monoisotopic (exact) mass is 520 g/mol. The minimum absolute atomic E-state index is 0.676. The molecule has 0 heterocycles. The summed E-state index contributed by atoms with van der Waals surface area (Å²) in [6.07, 6.45) is 23.7. The molecule has 0 aromatic heterocycles. The fraction of sp³-hybridized carbons (Fsp3) is 0.667. The third kappa shape index (κ3) is 12.7. The summed E-state index contributed by atoms with van der Waals surface area (Å²) in [4.78, 5) is 0. The summed E-state index contributed by atoms with van der Waals surface area (Å²) in [6, 6.07) is 17.7. The van der Waals surface area contributed by atoms with Gasteiger partial charge in [0.2, 0.25) is 0 Å². The van der Waals surface area contributed by atoms with Gasteiger partial charge in [0.25, 0.3) is 0 Å². The highest BCUT2D eigenvalue weighted by Crippen LogP contribution is 2.30. The molecule has 0 spiro atoms. The van der Waals surface area contributed by atoms with Crippen molar-refractivity contribution in [2.24, 2.45) is 11.8 Å². The third-order valence-corrected chi connectivity index (χ3v) is 8.42. The average molecular weight is 521 g/mol. The van der Waals surface area contributed by atoms with Gasteiger partial charge in [0.05, 0.1) is 13.2 Å². The minimum Gasteiger partial charge on any atom is -0.493 e. The van der Waals surface area contributed by atoms with Gasteiger partial charge in [-0.3, -0.25) is 0 Å². The lowest BCUT2D eigenvalue weighted by Crippen LogP contribution is -2.23. The van der Waals surface area contributed by atoms with Gasteiger partial charge in [-0.1, -0.05) is 102 Å². The predicted octanol–water partition coefficient (Wildman–Crippen LogP) is 10.8. The molecule has 1 aliphatic rings. The van der Waals surface area contributed by atoms with Crippen molar-refractivity contribution >= 4 is 0 Å². The van der Waals surface area contributed by atoms with Crippen molar-refractivity contribution in [2.75, 3.05) is 13.2 Å². The first kappa shape index (κ1) is 30.6. The van der Waals surface area contributed by atoms with Crippen LogP contribution in [0.3, 0.4) is 0 Å². The summed E-state index contributed by atoms with van der Waals surface area (Å²) >= 11 is 0. The first-order chi connectivity index (χ1) is 18.8. The fourth-order valence-corrected chi connectivity index (χ4v) is 5.72. The molecule has 0 amide bonds. The third-order valence-electron chi connectivity index (χ3n) is 8.42. The lowest BCUT2D eigenvalue weighted by atomic mass is 9.83. The second-order valence-electron chi connectivity index (χ2n) is 11.8. The number of ether oxygens (including phenoxy) is 2. The predicted molar refractivity (Wildman–Crippen MR) is 163 cm³/mol. The summed E-state index contributed by atoms with van der Waals surface area (Å²) in [5.74, 6) is 3.41. The first-order valence-electron chi connectivity index (χ1n) is 16.2. The van der Waals surface area contributed by atoms with Crippen LogP contribution in [-0.4, -0.2) is 13.2 Å². The topological polar surface area (TPSA) is 18.5 Å². The number of aryl methyl sites for hydroxylation is 2. The molecule has 38 heavy (non-hydrogen) atoms. The van der Waals surface area contributed by atoms with E-state index in [2.05, 4.69) is 62.4 Å². The first-order valence-corrected chi connectivity index (χ1v) is 16.2. The van der Waals surface area contributed by atoms with Crippen LogP contribution in [0.1, 0.15) is 128 Å². The Balaban J connectivity index is 1.23. The van der Waals surface area contributed by atoms with Crippen LogP contribution in [-0.2, 0) is 12.8 Å². The van der Waals surface area contributed by atoms with E-state index in [-0.39, 0.29) is 0 Å². The molecule has 0 N–H and O–H groups in total. The molecule has 2 heteroatoms. The van der Waals surface area contributed by atoms with Crippen molar-refractivity contribution < 1.29 is 9.47 Å². The molecular weight excluding hydrogens is 464 g/mol. The zero-order chi connectivity index (χ0) is 26.7. The molecule has 2 aromatic carbocycles. The molecule has 0 bridgehead atoms. The molecule has 3 rings (SSSR count). The smallest absolute Gasteiger partial charge is 0.119 e. The van der Waals surface area contributed by atoms with E-state index in [1.807, 2.05) is 0 Å². The van der Waals surface area contributed by atoms with Gasteiger partial charge in [-0.2, -0.15) is 0 Å². The SMILES string of the molecule is CCCCCCCCc1ccc(OCC2CCC(COc3ccc(CCCCCCCC)cc3)CC2)cc1. The van der Waals surface area contributed by atoms with E-state index < -0.39 is 0 Å². The summed E-state index contributed by atoms with van der Waals surface area (Å²) in [5, 5.41) is 0. The van der Waals surface area contributed by atoms with Gasteiger partial charge in [0, 0.05) is 0 Å². The summed E-state index contributed by atoms with van der Waals surface area (Å²) in [5.41, 5.74) is 2.89. The van der Waals surface area contributed by atoms with Crippen LogP contribution in [0.5, 0.6) is 11.5 Å². The normalized spacial score (nSPS) is 17.4. The second kappa shape index (κ2) is 19.2. The molecule has 0 aliphatic heterocycles. The van der Waals surface area contributed by atoms with Gasteiger partial charge in [0.1, 0.15) is 11.5 Å². The van der Waals surface area contributed by atoms with Crippen molar-refractivity contribution in [3.63, 3.8) is 0 Å². The van der Waals surface area contributed by atoms with Gasteiger partial charge >= 0.3 is 0 Å². The number of hydrogen-bond donors (Lipinski definition) is 0. The Morgan fingerprint density at radius 1 is 0.474 bits per heavy atom. The quantitative estimate of drug-likeness (QED) is 0.162. The van der Waals surface area contributed by atoms with Crippen molar-refractivity contribution in [1.29, 1.82) is 0 Å². The highest BCUT2D eigenvalue weighted by Gasteiger charge is 2.22. The lowest BCUT2D eigenvalue weighted by molar-refractivity contribution is 0.148. The lowest BCUT2D eigenvalue weighted by Gasteiger charge is -2.28. The molecule has 0 radical (unpaired) electrons. The Bertz CT molecular complexity index is 746. The number of rotatable bonds is 20. The fourth-order valence-electron chi connectivity index (χ4n) is 5.72. The Morgan fingerprint density at radius 2 is 0.816 bits per heavy atom. The van der Waals surface area contributed by atoms with Crippen LogP contribution in [0, 0.1) is 11.8 Å². The minimum atomic E-state index is 0.676. The molecule has 2 aromatic rings. The van der Waals surface area contributed by atoms with Crippen LogP contribution in [0.15, 0.2) is 48.5 Å². The summed E-state index contributed by atoms with van der Waals surface area (Å²) in [7, 11) is 0. The molecule has 1 fully saturated rings. The van der Waals surface area contributed by atoms with Gasteiger partial charge in [-0.05, 0) is 98.6 Å². The largest absolute Gasteiger partial charge is 0.493 e. The number of benzene rings is 2. The molecule has 212 valence electrons. The Hall–Kier alpha value is -1.96. The summed E-state index contributed by atoms with van der Waals surface area (Å²) < 4.78 is 12.3. The average Bonchev–Trinajstić information content (AvgIpc) is 2.96. The van der Waals surface area contributed by atoms with Gasteiger partial charge in [-0.25, -0.2) is 0 Å². The second-order valence-corrected chi connectivity index (χ2v) is 11.8. The van der Waals surface area contributed by atoms with Crippen molar-refractivity contribution in [1.82, 2.24) is 0 Å². The zero-order valence-electron chi connectivity index (χ0n) is 24.7. The molecule has 1 saturated carbocycles. The van der Waals surface area contributed by atoms with Crippen molar-refractivity contribution in [2.45, 2.75) is 129 Å². The van der Waals surface area contributed by atoms with Crippen LogP contribution < -0.4 is 9.47 Å². The number of hydrogen-bond acceptors (Lipinski definition) is 2. The van der Waals surface area contributed by atoms with Crippen molar-refractivity contribution in [3.8, 4) is 11.5 Å². The van der Waals surface area contributed by atoms with E-state index in [9.17, 15) is 0 Å².